The van der Waals surface area contributed by atoms with Gasteiger partial charge in [0.2, 0.25) is 0 Å². The molecular formula is C16H21N2OSi. The summed E-state index contributed by atoms with van der Waals surface area (Å²) in [6.07, 6.45) is 0. The zero-order chi connectivity index (χ0) is 14.7. The van der Waals surface area contributed by atoms with Crippen molar-refractivity contribution in [1.29, 1.82) is 0 Å². The third-order valence-corrected chi connectivity index (χ3v) is 5.15. The predicted molar refractivity (Wildman–Crippen MR) is 88.8 cm³/mol. The van der Waals surface area contributed by atoms with Gasteiger partial charge in [-0.25, -0.2) is 0 Å². The molecule has 20 heavy (non-hydrogen) atoms. The quantitative estimate of drug-likeness (QED) is 0.846. The summed E-state index contributed by atoms with van der Waals surface area (Å²) in [5.41, 5.74) is 2.16. The average Bonchev–Trinajstić information content (AvgIpc) is 2.46. The minimum Gasteiger partial charge on any atom is -0.424 e. The summed E-state index contributed by atoms with van der Waals surface area (Å²) >= 11 is 0. The molecule has 0 unspecified atom stereocenters. The Hall–Kier alpha value is -1.78. The van der Waals surface area contributed by atoms with E-state index in [1.807, 2.05) is 64.6 Å². The molecule has 2 rings (SSSR count). The van der Waals surface area contributed by atoms with Gasteiger partial charge in [-0.05, 0) is 22.5 Å². The van der Waals surface area contributed by atoms with Crippen LogP contribution in [0.4, 0.5) is 11.4 Å². The molecule has 0 aliphatic carbocycles. The summed E-state index contributed by atoms with van der Waals surface area (Å²) in [5.74, 6) is 0. The maximum Gasteiger partial charge on any atom is 0.284 e. The fraction of sp³-hybridized carbons (Fsp3) is 0.250. The van der Waals surface area contributed by atoms with Gasteiger partial charge >= 0.3 is 0 Å². The van der Waals surface area contributed by atoms with Gasteiger partial charge in [-0.2, -0.15) is 0 Å². The maximum absolute atomic E-state index is 10.9. The Bertz CT molecular complexity index is 533. The van der Waals surface area contributed by atoms with Gasteiger partial charge in [-0.1, -0.05) is 36.4 Å². The molecule has 1 N–H and O–H groups in total. The lowest BCUT2D eigenvalue weighted by Crippen LogP contribution is -2.46. The molecule has 0 saturated carbocycles. The van der Waals surface area contributed by atoms with Gasteiger partial charge in [0.15, 0.2) is 0 Å². The maximum atomic E-state index is 10.9. The normalized spacial score (nSPS) is 10.7. The minimum atomic E-state index is -1.78. The fourth-order valence-electron chi connectivity index (χ4n) is 2.27. The van der Waals surface area contributed by atoms with Crippen LogP contribution in [0.1, 0.15) is 0 Å². The van der Waals surface area contributed by atoms with Gasteiger partial charge in [-0.15, -0.1) is 0 Å². The molecule has 0 aliphatic heterocycles. The molecule has 2 aromatic rings. The molecule has 0 bridgehead atoms. The van der Waals surface area contributed by atoms with Gasteiger partial charge in [0.05, 0.1) is 0 Å². The van der Waals surface area contributed by atoms with E-state index >= 15 is 0 Å². The van der Waals surface area contributed by atoms with Crippen molar-refractivity contribution < 1.29 is 4.80 Å². The van der Waals surface area contributed by atoms with E-state index < -0.39 is 9.04 Å². The van der Waals surface area contributed by atoms with E-state index in [-0.39, 0.29) is 0 Å². The second kappa shape index (κ2) is 6.11. The number of anilines is 2. The first-order valence-electron chi connectivity index (χ1n) is 6.61. The van der Waals surface area contributed by atoms with Crippen LogP contribution in [0.5, 0.6) is 0 Å². The average molecular weight is 285 g/mol. The van der Waals surface area contributed by atoms with E-state index in [1.165, 1.54) is 0 Å². The van der Waals surface area contributed by atoms with Gasteiger partial charge in [0.25, 0.3) is 9.04 Å². The van der Waals surface area contributed by atoms with Gasteiger partial charge in [-0.3, -0.25) is 0 Å². The molecule has 0 saturated heterocycles. The van der Waals surface area contributed by atoms with Crippen LogP contribution in [0.15, 0.2) is 48.5 Å². The number of hydrogen-bond donors (Lipinski definition) is 1. The van der Waals surface area contributed by atoms with E-state index in [4.69, 9.17) is 0 Å². The molecule has 0 spiro atoms. The zero-order valence-electron chi connectivity index (χ0n) is 12.5. The van der Waals surface area contributed by atoms with Crippen LogP contribution in [0.3, 0.4) is 0 Å². The van der Waals surface area contributed by atoms with E-state index in [0.717, 1.165) is 21.7 Å². The third kappa shape index (κ3) is 2.86. The highest BCUT2D eigenvalue weighted by Gasteiger charge is 2.22. The highest BCUT2D eigenvalue weighted by molar-refractivity contribution is 6.81. The smallest absolute Gasteiger partial charge is 0.284 e. The SMILES string of the molecule is CN(C)c1ccccc1[Si](O)c1ccccc1N(C)C. The van der Waals surface area contributed by atoms with Crippen molar-refractivity contribution in [2.75, 3.05) is 38.0 Å². The van der Waals surface area contributed by atoms with Crippen molar-refractivity contribution >= 4 is 30.8 Å². The minimum absolute atomic E-state index is 1.02. The monoisotopic (exact) mass is 285 g/mol. The Morgan fingerprint density at radius 2 is 1.05 bits per heavy atom. The lowest BCUT2D eigenvalue weighted by molar-refractivity contribution is 0.600. The van der Waals surface area contributed by atoms with Crippen LogP contribution in [0.2, 0.25) is 0 Å². The molecule has 2 aromatic carbocycles. The Labute approximate surface area is 122 Å². The molecule has 0 aromatic heterocycles. The molecule has 0 amide bonds. The summed E-state index contributed by atoms with van der Waals surface area (Å²) in [4.78, 5) is 15.0. The Balaban J connectivity index is 2.50. The number of rotatable bonds is 4. The lowest BCUT2D eigenvalue weighted by atomic mass is 10.3. The van der Waals surface area contributed by atoms with Gasteiger partial charge in [0.1, 0.15) is 0 Å². The molecule has 0 fully saturated rings. The standard InChI is InChI=1S/C16H21N2OSi/c1-17(2)13-9-5-7-11-15(13)20(19)16-12-8-6-10-14(16)18(3)4/h5-12,19H,1-4H3. The molecule has 0 heterocycles. The topological polar surface area (TPSA) is 26.7 Å². The lowest BCUT2D eigenvalue weighted by Gasteiger charge is -2.23. The van der Waals surface area contributed by atoms with Crippen molar-refractivity contribution in [3.8, 4) is 0 Å². The summed E-state index contributed by atoms with van der Waals surface area (Å²) < 4.78 is 0. The first kappa shape index (κ1) is 14.6. The van der Waals surface area contributed by atoms with Crippen molar-refractivity contribution in [2.45, 2.75) is 0 Å². The Morgan fingerprint density at radius 1 is 0.700 bits per heavy atom. The van der Waals surface area contributed by atoms with E-state index in [1.54, 1.807) is 0 Å². The molecule has 0 atom stereocenters. The zero-order valence-corrected chi connectivity index (χ0v) is 13.5. The molecular weight excluding hydrogens is 264 g/mol. The molecule has 4 heteroatoms. The van der Waals surface area contributed by atoms with Crippen LogP contribution in [-0.2, 0) is 0 Å². The molecule has 1 radical (unpaired) electrons. The summed E-state index contributed by atoms with van der Waals surface area (Å²) in [7, 11) is 6.25. The Kier molecular flexibility index (Phi) is 4.47. The van der Waals surface area contributed by atoms with Crippen LogP contribution < -0.4 is 20.2 Å². The third-order valence-electron chi connectivity index (χ3n) is 3.28. The number of para-hydroxylation sites is 2. The van der Waals surface area contributed by atoms with Crippen molar-refractivity contribution in [3.63, 3.8) is 0 Å². The fourth-order valence-corrected chi connectivity index (χ4v) is 4.17. The van der Waals surface area contributed by atoms with Crippen LogP contribution >= 0.6 is 0 Å². The van der Waals surface area contributed by atoms with E-state index in [0.29, 0.717) is 0 Å². The molecule has 0 aliphatic rings. The molecule has 3 nitrogen and oxygen atoms in total. The predicted octanol–water partition coefficient (Wildman–Crippen LogP) is 0.917. The largest absolute Gasteiger partial charge is 0.424 e. The second-order valence-corrected chi connectivity index (χ2v) is 6.95. The Morgan fingerprint density at radius 3 is 1.40 bits per heavy atom. The van der Waals surface area contributed by atoms with Gasteiger partial charge < -0.3 is 14.6 Å². The van der Waals surface area contributed by atoms with E-state index in [2.05, 4.69) is 21.9 Å². The van der Waals surface area contributed by atoms with Crippen LogP contribution in [0.25, 0.3) is 0 Å². The van der Waals surface area contributed by atoms with Crippen molar-refractivity contribution in [3.05, 3.63) is 48.5 Å². The van der Waals surface area contributed by atoms with Crippen LogP contribution in [-0.4, -0.2) is 42.0 Å². The van der Waals surface area contributed by atoms with Gasteiger partial charge in [0, 0.05) is 39.6 Å². The van der Waals surface area contributed by atoms with Crippen LogP contribution in [0, 0.1) is 0 Å². The van der Waals surface area contributed by atoms with E-state index in [9.17, 15) is 4.80 Å². The first-order valence-corrected chi connectivity index (χ1v) is 8.06. The molecule has 105 valence electrons. The second-order valence-electron chi connectivity index (χ2n) is 5.17. The summed E-state index contributed by atoms with van der Waals surface area (Å²) in [6, 6.07) is 16.1. The number of benzene rings is 2. The van der Waals surface area contributed by atoms with Crippen molar-refractivity contribution in [1.82, 2.24) is 0 Å². The highest BCUT2D eigenvalue weighted by Crippen LogP contribution is 2.12. The highest BCUT2D eigenvalue weighted by atomic mass is 28.3. The summed E-state index contributed by atoms with van der Waals surface area (Å²) in [6.45, 7) is 0. The number of hydrogen-bond acceptors (Lipinski definition) is 3. The first-order chi connectivity index (χ1) is 9.52. The summed E-state index contributed by atoms with van der Waals surface area (Å²) in [5, 5.41) is 2.05. The number of nitrogens with zero attached hydrogens (tertiary/aromatic N) is 2. The van der Waals surface area contributed by atoms with Crippen molar-refractivity contribution in [2.24, 2.45) is 0 Å².